The summed E-state index contributed by atoms with van der Waals surface area (Å²) in [5.74, 6) is 16.8. The second-order valence-electron chi connectivity index (χ2n) is 11.1. The number of rotatable bonds is 10. The molecule has 1 heterocycles. The number of unbranched alkanes of at least 4 members (excludes halogenated alkanes) is 6. The Labute approximate surface area is 211 Å². The average Bonchev–Trinajstić information content (AvgIpc) is 2.89. The molecule has 0 unspecified atom stereocenters. The summed E-state index contributed by atoms with van der Waals surface area (Å²) in [7, 11) is 0. The fraction of sp³-hybridized carbons (Fsp3) is 0.727. The van der Waals surface area contributed by atoms with Crippen LogP contribution in [-0.4, -0.2) is 4.98 Å². The molecule has 0 spiro atoms. The van der Waals surface area contributed by atoms with Gasteiger partial charge in [0.2, 0.25) is 0 Å². The molecule has 186 valence electrons. The Morgan fingerprint density at radius 1 is 0.647 bits per heavy atom. The first-order valence-corrected chi connectivity index (χ1v) is 14.8. The van der Waals surface area contributed by atoms with E-state index in [0.717, 1.165) is 23.1 Å². The summed E-state index contributed by atoms with van der Waals surface area (Å²) in [4.78, 5) is 4.58. The highest BCUT2D eigenvalue weighted by molar-refractivity contribution is 5.37. The lowest BCUT2D eigenvalue weighted by Gasteiger charge is -2.25. The van der Waals surface area contributed by atoms with Crippen molar-refractivity contribution in [3.63, 3.8) is 0 Å². The predicted molar refractivity (Wildman–Crippen MR) is 146 cm³/mol. The molecular weight excluding hydrogens is 410 g/mol. The first-order valence-electron chi connectivity index (χ1n) is 14.8. The van der Waals surface area contributed by atoms with Crippen molar-refractivity contribution < 1.29 is 0 Å². The van der Waals surface area contributed by atoms with E-state index in [9.17, 15) is 0 Å². The molecule has 0 radical (unpaired) electrons. The average molecular weight is 460 g/mol. The zero-order valence-corrected chi connectivity index (χ0v) is 22.2. The summed E-state index contributed by atoms with van der Waals surface area (Å²) in [6.45, 7) is 4.59. The van der Waals surface area contributed by atoms with Gasteiger partial charge in [0, 0.05) is 23.6 Å². The third-order valence-corrected chi connectivity index (χ3v) is 8.21. The van der Waals surface area contributed by atoms with E-state index < -0.39 is 0 Å². The van der Waals surface area contributed by atoms with Gasteiger partial charge in [-0.2, -0.15) is 0 Å². The van der Waals surface area contributed by atoms with Crippen LogP contribution in [0.15, 0.2) is 18.3 Å². The summed E-state index contributed by atoms with van der Waals surface area (Å²) >= 11 is 0. The third kappa shape index (κ3) is 10.3. The van der Waals surface area contributed by atoms with Crippen LogP contribution in [0.4, 0.5) is 0 Å². The van der Waals surface area contributed by atoms with Crippen LogP contribution < -0.4 is 0 Å². The Morgan fingerprint density at radius 3 is 1.65 bits per heavy atom. The van der Waals surface area contributed by atoms with E-state index in [-0.39, 0.29) is 0 Å². The summed E-state index contributed by atoms with van der Waals surface area (Å²) in [6, 6.07) is 4.17. The summed E-state index contributed by atoms with van der Waals surface area (Å²) in [5.41, 5.74) is 1.94. The van der Waals surface area contributed by atoms with Gasteiger partial charge in [-0.1, -0.05) is 95.8 Å². The molecule has 0 bridgehead atoms. The van der Waals surface area contributed by atoms with Gasteiger partial charge in [-0.15, -0.1) is 0 Å². The van der Waals surface area contributed by atoms with Crippen molar-refractivity contribution in [2.24, 2.45) is 23.7 Å². The number of hydrogen-bond acceptors (Lipinski definition) is 1. The van der Waals surface area contributed by atoms with Gasteiger partial charge in [0.25, 0.3) is 0 Å². The lowest BCUT2D eigenvalue weighted by Crippen LogP contribution is -2.13. The molecule has 1 heteroatoms. The van der Waals surface area contributed by atoms with Gasteiger partial charge in [0.1, 0.15) is 5.69 Å². The predicted octanol–water partition coefficient (Wildman–Crippen LogP) is 9.34. The highest BCUT2D eigenvalue weighted by Gasteiger charge is 2.20. The van der Waals surface area contributed by atoms with E-state index in [0.29, 0.717) is 11.8 Å². The van der Waals surface area contributed by atoms with E-state index in [2.05, 4.69) is 54.6 Å². The quantitative estimate of drug-likeness (QED) is 0.251. The molecule has 2 saturated carbocycles. The van der Waals surface area contributed by atoms with Crippen molar-refractivity contribution in [2.45, 2.75) is 129 Å². The van der Waals surface area contributed by atoms with E-state index in [1.54, 1.807) is 0 Å². The number of nitrogens with zero attached hydrogens (tertiary/aromatic N) is 1. The molecule has 2 aliphatic rings. The normalized spacial score (nSPS) is 24.5. The molecule has 34 heavy (non-hydrogen) atoms. The molecule has 0 aliphatic heterocycles. The Balaban J connectivity index is 1.35. The van der Waals surface area contributed by atoms with Gasteiger partial charge in [-0.3, -0.25) is 0 Å². The van der Waals surface area contributed by atoms with Crippen LogP contribution in [0.1, 0.15) is 141 Å². The van der Waals surface area contributed by atoms with Crippen LogP contribution in [0, 0.1) is 47.4 Å². The lowest BCUT2D eigenvalue weighted by atomic mass is 9.80. The molecule has 1 aromatic heterocycles. The minimum Gasteiger partial charge on any atom is -0.246 e. The van der Waals surface area contributed by atoms with Gasteiger partial charge in [0.05, 0.1) is 0 Å². The molecule has 2 fully saturated rings. The maximum Gasteiger partial charge on any atom is 0.113 e. The lowest BCUT2D eigenvalue weighted by molar-refractivity contribution is 0.294. The molecule has 3 rings (SSSR count). The number of aromatic nitrogens is 1. The Hall–Kier alpha value is -1.73. The molecule has 1 aromatic rings. The minimum atomic E-state index is 0.565. The van der Waals surface area contributed by atoms with Crippen LogP contribution >= 0.6 is 0 Å². The minimum absolute atomic E-state index is 0.565. The van der Waals surface area contributed by atoms with Crippen LogP contribution in [-0.2, 0) is 0 Å². The van der Waals surface area contributed by atoms with Gasteiger partial charge in [-0.05, 0) is 81.3 Å². The molecule has 2 aliphatic carbocycles. The van der Waals surface area contributed by atoms with Crippen molar-refractivity contribution in [3.8, 4) is 23.7 Å². The van der Waals surface area contributed by atoms with E-state index >= 15 is 0 Å². The van der Waals surface area contributed by atoms with Crippen LogP contribution in [0.5, 0.6) is 0 Å². The molecule has 0 amide bonds. The largest absolute Gasteiger partial charge is 0.246 e. The molecule has 0 aromatic carbocycles. The first-order chi connectivity index (χ1) is 16.8. The Kier molecular flexibility index (Phi) is 12.7. The second-order valence-corrected chi connectivity index (χ2v) is 11.1. The summed E-state index contributed by atoms with van der Waals surface area (Å²) in [5, 5.41) is 0. The fourth-order valence-electron chi connectivity index (χ4n) is 5.81. The highest BCUT2D eigenvalue weighted by Crippen LogP contribution is 2.32. The summed E-state index contributed by atoms with van der Waals surface area (Å²) in [6.07, 6.45) is 26.6. The number of hydrogen-bond donors (Lipinski definition) is 0. The zero-order chi connectivity index (χ0) is 23.8. The van der Waals surface area contributed by atoms with Crippen LogP contribution in [0.2, 0.25) is 0 Å². The standard InChI is InChI=1S/C33H49N/c1-3-5-7-9-11-28-13-17-30(18-14-28)21-22-32-24-26-33(34-27-32)25-23-31-19-15-29(16-20-31)12-10-8-6-4-2/h24,26-31H,3-20H2,1-2H3/t28-,29-,30-,31-. The van der Waals surface area contributed by atoms with Crippen LogP contribution in [0.3, 0.4) is 0 Å². The van der Waals surface area contributed by atoms with Crippen molar-refractivity contribution in [3.05, 3.63) is 29.6 Å². The summed E-state index contributed by atoms with van der Waals surface area (Å²) < 4.78 is 0. The third-order valence-electron chi connectivity index (χ3n) is 8.21. The van der Waals surface area contributed by atoms with E-state index in [1.165, 1.54) is 116 Å². The van der Waals surface area contributed by atoms with Gasteiger partial charge in [-0.25, -0.2) is 4.98 Å². The maximum atomic E-state index is 4.58. The molecule has 1 nitrogen and oxygen atoms in total. The number of pyridine rings is 1. The van der Waals surface area contributed by atoms with Gasteiger partial charge in [0.15, 0.2) is 0 Å². The maximum absolute atomic E-state index is 4.58. The monoisotopic (exact) mass is 459 g/mol. The molecule has 0 N–H and O–H groups in total. The topological polar surface area (TPSA) is 12.9 Å². The van der Waals surface area contributed by atoms with Crippen molar-refractivity contribution in [1.29, 1.82) is 0 Å². The van der Waals surface area contributed by atoms with Crippen molar-refractivity contribution >= 4 is 0 Å². The van der Waals surface area contributed by atoms with E-state index in [4.69, 9.17) is 0 Å². The Morgan fingerprint density at radius 2 is 1.18 bits per heavy atom. The zero-order valence-electron chi connectivity index (χ0n) is 22.2. The molecular formula is C33H49N. The smallest absolute Gasteiger partial charge is 0.113 e. The Bertz CT molecular complexity index is 714. The molecule has 0 saturated heterocycles. The molecule has 0 atom stereocenters. The van der Waals surface area contributed by atoms with Gasteiger partial charge >= 0.3 is 0 Å². The van der Waals surface area contributed by atoms with Crippen molar-refractivity contribution in [1.82, 2.24) is 4.98 Å². The highest BCUT2D eigenvalue weighted by atomic mass is 14.7. The first kappa shape index (κ1) is 26.9. The second kappa shape index (κ2) is 16.0. The SMILES string of the molecule is CCCCCC[C@H]1CC[C@H](C#Cc2ccc(C#C[C@H]3CC[C@H](CCCCCC)CC3)nc2)CC1. The van der Waals surface area contributed by atoms with Gasteiger partial charge < -0.3 is 0 Å². The van der Waals surface area contributed by atoms with Crippen molar-refractivity contribution in [2.75, 3.05) is 0 Å². The fourth-order valence-corrected chi connectivity index (χ4v) is 5.81. The van der Waals surface area contributed by atoms with Crippen LogP contribution in [0.25, 0.3) is 0 Å². The van der Waals surface area contributed by atoms with E-state index in [1.807, 2.05) is 6.20 Å².